The fraction of sp³-hybridized carbons (Fsp3) is 0.320. The zero-order chi connectivity index (χ0) is 23.8. The summed E-state index contributed by atoms with van der Waals surface area (Å²) >= 11 is 1.30. The van der Waals surface area contributed by atoms with E-state index in [1.807, 2.05) is 55.6 Å². The largest absolute Gasteiger partial charge is 0.459 e. The van der Waals surface area contributed by atoms with Crippen LogP contribution in [0.25, 0.3) is 21.9 Å². The van der Waals surface area contributed by atoms with Crippen molar-refractivity contribution in [3.63, 3.8) is 0 Å². The quantitative estimate of drug-likeness (QED) is 0.232. The van der Waals surface area contributed by atoms with Crippen LogP contribution in [0.2, 0.25) is 0 Å². The number of carbonyl (C=O) groups is 1. The van der Waals surface area contributed by atoms with Gasteiger partial charge >= 0.3 is 5.97 Å². The third-order valence-corrected chi connectivity index (χ3v) is 5.87. The van der Waals surface area contributed by atoms with Gasteiger partial charge in [-0.2, -0.15) is 0 Å². The van der Waals surface area contributed by atoms with Gasteiger partial charge in [0.1, 0.15) is 29.0 Å². The van der Waals surface area contributed by atoms with E-state index in [0.717, 1.165) is 27.5 Å². The van der Waals surface area contributed by atoms with Crippen LogP contribution < -0.4 is 10.9 Å². The van der Waals surface area contributed by atoms with Crippen molar-refractivity contribution in [3.8, 4) is 0 Å². The second-order valence-electron chi connectivity index (χ2n) is 8.86. The molecule has 0 aliphatic heterocycles. The summed E-state index contributed by atoms with van der Waals surface area (Å²) < 4.78 is 12.7. The molecule has 33 heavy (non-hydrogen) atoms. The smallest absolute Gasteiger partial charge is 0.326 e. The molecule has 0 bridgehead atoms. The monoisotopic (exact) mass is 465 g/mol. The number of nitrogens with one attached hydrogen (secondary N) is 1. The maximum absolute atomic E-state index is 13.2. The molecule has 0 fully saturated rings. The molecule has 172 valence electrons. The zero-order valence-corrected chi connectivity index (χ0v) is 20.2. The summed E-state index contributed by atoms with van der Waals surface area (Å²) in [5.74, 6) is -0.484. The number of furan rings is 1. The van der Waals surface area contributed by atoms with Crippen LogP contribution in [0, 0.1) is 0 Å². The van der Waals surface area contributed by atoms with Crippen molar-refractivity contribution in [3.05, 3.63) is 64.6 Å². The number of nitrogens with zero attached hydrogens (tertiary/aromatic N) is 2. The molecule has 1 atom stereocenters. The summed E-state index contributed by atoms with van der Waals surface area (Å²) in [7, 11) is 0. The minimum Gasteiger partial charge on any atom is -0.459 e. The standard InChI is InChI=1S/C25H27N3O4S/c1-15(16-10-11-18-17-8-6-7-9-20(17)31-21(18)12-16)27-19-13-26-24(33-5)28(23(19)30)14-22(29)32-25(2,3)4/h6-13,15,27H,14H2,1-5H3/t15-/m1/s1. The summed E-state index contributed by atoms with van der Waals surface area (Å²) in [6.07, 6.45) is 3.32. The van der Waals surface area contributed by atoms with Crippen molar-refractivity contribution in [2.24, 2.45) is 0 Å². The minimum atomic E-state index is -0.632. The van der Waals surface area contributed by atoms with Crippen LogP contribution in [0.15, 0.2) is 63.0 Å². The highest BCUT2D eigenvalue weighted by Gasteiger charge is 2.20. The molecular weight excluding hydrogens is 438 g/mol. The lowest BCUT2D eigenvalue weighted by Gasteiger charge is -2.21. The Labute approximate surface area is 196 Å². The maximum atomic E-state index is 13.2. The lowest BCUT2D eigenvalue weighted by Crippen LogP contribution is -2.33. The van der Waals surface area contributed by atoms with Crippen molar-refractivity contribution < 1.29 is 13.9 Å². The number of aromatic nitrogens is 2. The molecule has 2 aromatic carbocycles. The van der Waals surface area contributed by atoms with Gasteiger partial charge in [-0.3, -0.25) is 14.2 Å². The number of para-hydroxylation sites is 1. The third-order valence-electron chi connectivity index (χ3n) is 5.18. The van der Waals surface area contributed by atoms with E-state index in [9.17, 15) is 9.59 Å². The first-order chi connectivity index (χ1) is 15.7. The van der Waals surface area contributed by atoms with E-state index in [1.165, 1.54) is 22.5 Å². The Hall–Kier alpha value is -3.26. The average molecular weight is 466 g/mol. The Kier molecular flexibility index (Phi) is 6.21. The molecule has 1 N–H and O–H groups in total. The number of carbonyl (C=O) groups excluding carboxylic acids is 1. The van der Waals surface area contributed by atoms with Gasteiger partial charge in [0.15, 0.2) is 5.16 Å². The number of ether oxygens (including phenoxy) is 1. The number of fused-ring (bicyclic) bond motifs is 3. The summed E-state index contributed by atoms with van der Waals surface area (Å²) in [6, 6.07) is 13.8. The number of hydrogen-bond donors (Lipinski definition) is 1. The van der Waals surface area contributed by atoms with Crippen molar-refractivity contribution in [2.75, 3.05) is 11.6 Å². The van der Waals surface area contributed by atoms with Crippen LogP contribution in [-0.2, 0) is 16.1 Å². The molecule has 0 radical (unpaired) electrons. The third kappa shape index (κ3) is 4.90. The lowest BCUT2D eigenvalue weighted by atomic mass is 10.1. The first-order valence-corrected chi connectivity index (χ1v) is 11.9. The molecule has 2 aromatic heterocycles. The van der Waals surface area contributed by atoms with Crippen LogP contribution in [-0.4, -0.2) is 27.4 Å². The molecule has 0 saturated heterocycles. The first kappa shape index (κ1) is 22.9. The SMILES string of the molecule is CSc1ncc(N[C@H](C)c2ccc3c(c2)oc2ccccc23)c(=O)n1CC(=O)OC(C)(C)C. The Morgan fingerprint density at radius 1 is 1.18 bits per heavy atom. The highest BCUT2D eigenvalue weighted by molar-refractivity contribution is 7.98. The van der Waals surface area contributed by atoms with Crippen molar-refractivity contribution >= 4 is 45.4 Å². The van der Waals surface area contributed by atoms with E-state index < -0.39 is 11.6 Å². The van der Waals surface area contributed by atoms with Crippen LogP contribution in [0.3, 0.4) is 0 Å². The predicted octanol–water partition coefficient (Wildman–Crippen LogP) is 5.38. The van der Waals surface area contributed by atoms with Crippen LogP contribution in [0.1, 0.15) is 39.3 Å². The summed E-state index contributed by atoms with van der Waals surface area (Å²) in [5, 5.41) is 5.81. The number of benzene rings is 2. The molecule has 0 aliphatic rings. The first-order valence-electron chi connectivity index (χ1n) is 10.7. The van der Waals surface area contributed by atoms with Gasteiger partial charge in [0.05, 0.1) is 6.20 Å². The van der Waals surface area contributed by atoms with Gasteiger partial charge in [0, 0.05) is 16.8 Å². The lowest BCUT2D eigenvalue weighted by molar-refractivity contribution is -0.155. The zero-order valence-electron chi connectivity index (χ0n) is 19.3. The molecule has 0 amide bonds. The van der Waals surface area contributed by atoms with Gasteiger partial charge in [-0.1, -0.05) is 42.1 Å². The molecule has 0 saturated carbocycles. The van der Waals surface area contributed by atoms with E-state index in [4.69, 9.17) is 9.15 Å². The second kappa shape index (κ2) is 8.94. The topological polar surface area (TPSA) is 86.4 Å². The van der Waals surface area contributed by atoms with E-state index in [1.54, 1.807) is 20.8 Å². The molecule has 4 rings (SSSR count). The molecule has 4 aromatic rings. The van der Waals surface area contributed by atoms with Crippen molar-refractivity contribution in [2.45, 2.75) is 51.0 Å². The van der Waals surface area contributed by atoms with E-state index in [-0.39, 0.29) is 18.1 Å². The molecule has 0 spiro atoms. The van der Waals surface area contributed by atoms with Crippen LogP contribution in [0.4, 0.5) is 5.69 Å². The van der Waals surface area contributed by atoms with Crippen LogP contribution in [0.5, 0.6) is 0 Å². The Morgan fingerprint density at radius 3 is 2.64 bits per heavy atom. The van der Waals surface area contributed by atoms with Gasteiger partial charge in [-0.25, -0.2) is 4.98 Å². The van der Waals surface area contributed by atoms with Crippen molar-refractivity contribution in [1.82, 2.24) is 9.55 Å². The van der Waals surface area contributed by atoms with Gasteiger partial charge < -0.3 is 14.5 Å². The number of thioether (sulfide) groups is 1. The Bertz CT molecular complexity index is 1380. The number of hydrogen-bond acceptors (Lipinski definition) is 7. The number of esters is 1. The molecule has 2 heterocycles. The normalized spacial score (nSPS) is 12.8. The Morgan fingerprint density at radius 2 is 1.91 bits per heavy atom. The maximum Gasteiger partial charge on any atom is 0.326 e. The molecule has 0 unspecified atom stereocenters. The number of anilines is 1. The van der Waals surface area contributed by atoms with Gasteiger partial charge in [-0.15, -0.1) is 0 Å². The fourth-order valence-electron chi connectivity index (χ4n) is 3.71. The molecular formula is C25H27N3O4S. The van der Waals surface area contributed by atoms with E-state index in [2.05, 4.69) is 10.3 Å². The summed E-state index contributed by atoms with van der Waals surface area (Å²) in [4.78, 5) is 29.9. The van der Waals surface area contributed by atoms with Gasteiger partial charge in [-0.05, 0) is 51.6 Å². The molecule has 8 heteroatoms. The predicted molar refractivity (Wildman–Crippen MR) is 132 cm³/mol. The van der Waals surface area contributed by atoms with E-state index in [0.29, 0.717) is 10.8 Å². The van der Waals surface area contributed by atoms with Crippen molar-refractivity contribution in [1.29, 1.82) is 0 Å². The van der Waals surface area contributed by atoms with Gasteiger partial charge in [0.25, 0.3) is 5.56 Å². The Balaban J connectivity index is 1.61. The molecule has 7 nitrogen and oxygen atoms in total. The van der Waals surface area contributed by atoms with Crippen LogP contribution >= 0.6 is 11.8 Å². The summed E-state index contributed by atoms with van der Waals surface area (Å²) in [6.45, 7) is 7.14. The minimum absolute atomic E-state index is 0.188. The van der Waals surface area contributed by atoms with E-state index >= 15 is 0 Å². The fourth-order valence-corrected chi connectivity index (χ4v) is 4.24. The molecule has 0 aliphatic carbocycles. The highest BCUT2D eigenvalue weighted by Crippen LogP contribution is 2.31. The average Bonchev–Trinajstić information content (AvgIpc) is 3.13. The summed E-state index contributed by atoms with van der Waals surface area (Å²) in [5.41, 5.74) is 1.96. The van der Waals surface area contributed by atoms with Gasteiger partial charge in [0.2, 0.25) is 0 Å². The number of rotatable bonds is 6. The highest BCUT2D eigenvalue weighted by atomic mass is 32.2. The second-order valence-corrected chi connectivity index (χ2v) is 9.63.